The summed E-state index contributed by atoms with van der Waals surface area (Å²) in [6.45, 7) is 3.28. The van der Waals surface area contributed by atoms with Crippen LogP contribution in [0.3, 0.4) is 0 Å². The number of phenolic OH excluding ortho intramolecular Hbond substituents is 1. The number of piperidine rings is 1. The maximum Gasteiger partial charge on any atom is 0.222 e. The van der Waals surface area contributed by atoms with E-state index in [1.54, 1.807) is 24.3 Å². The number of amides is 1. The predicted octanol–water partition coefficient (Wildman–Crippen LogP) is 2.35. The first-order chi connectivity index (χ1) is 13.1. The lowest BCUT2D eigenvalue weighted by atomic mass is 10.1. The lowest BCUT2D eigenvalue weighted by molar-refractivity contribution is -0.132. The molecule has 140 valence electrons. The number of phenols is 1. The summed E-state index contributed by atoms with van der Waals surface area (Å²) >= 11 is 0. The van der Waals surface area contributed by atoms with Gasteiger partial charge in [-0.05, 0) is 37.1 Å². The Kier molecular flexibility index (Phi) is 4.39. The Balaban J connectivity index is 1.81. The van der Waals surface area contributed by atoms with Gasteiger partial charge in [0.15, 0.2) is 5.65 Å². The average Bonchev–Trinajstić information content (AvgIpc) is 3.09. The Hall–Kier alpha value is -3.16. The van der Waals surface area contributed by atoms with Crippen LogP contribution in [0.1, 0.15) is 32.2 Å². The summed E-state index contributed by atoms with van der Waals surface area (Å²) < 4.78 is 1.88. The molecule has 0 saturated carbocycles. The fraction of sp³-hybridized carbons (Fsp3) is 0.368. The van der Waals surface area contributed by atoms with Gasteiger partial charge in [-0.25, -0.2) is 14.6 Å². The molecule has 3 heterocycles. The number of carbonyl (C=O) groups excluding carboxylic acids is 1. The molecule has 1 aromatic carbocycles. The van der Waals surface area contributed by atoms with Gasteiger partial charge in [0.1, 0.15) is 23.6 Å². The molecule has 0 spiro atoms. The zero-order valence-electron chi connectivity index (χ0n) is 15.2. The number of hydrogen-bond acceptors (Lipinski definition) is 6. The largest absolute Gasteiger partial charge is 0.508 e. The number of hydrogen-bond donors (Lipinski definition) is 2. The van der Waals surface area contributed by atoms with Gasteiger partial charge < -0.3 is 15.7 Å². The number of fused-ring (bicyclic) bond motifs is 1. The van der Waals surface area contributed by atoms with Crippen molar-refractivity contribution in [3.8, 4) is 17.0 Å². The first-order valence-electron chi connectivity index (χ1n) is 9.14. The van der Waals surface area contributed by atoms with E-state index in [9.17, 15) is 9.90 Å². The molecule has 1 saturated heterocycles. The molecule has 1 amide bonds. The van der Waals surface area contributed by atoms with Crippen molar-refractivity contribution in [2.24, 2.45) is 0 Å². The molecule has 1 aliphatic heterocycles. The first-order valence-corrected chi connectivity index (χ1v) is 9.14. The van der Waals surface area contributed by atoms with Crippen molar-refractivity contribution < 1.29 is 9.90 Å². The standard InChI is InChI=1S/C19H22N6O2/c1-2-15(27)24-9-3-4-13(10-24)25-19-16(18(20)21-11-22-19)17(23-25)12-5-7-14(26)8-6-12/h5-8,11,13,26H,2-4,9-10H2,1H3,(H2,20,21,22)/t13-/m1/s1. The van der Waals surface area contributed by atoms with Crippen molar-refractivity contribution in [2.75, 3.05) is 18.8 Å². The summed E-state index contributed by atoms with van der Waals surface area (Å²) in [4.78, 5) is 22.6. The number of aromatic hydroxyl groups is 1. The third-order valence-corrected chi connectivity index (χ3v) is 5.06. The molecule has 1 aliphatic rings. The molecule has 3 N–H and O–H groups in total. The van der Waals surface area contributed by atoms with Crippen LogP contribution in [0.2, 0.25) is 0 Å². The summed E-state index contributed by atoms with van der Waals surface area (Å²) in [5.41, 5.74) is 8.33. The normalized spacial score (nSPS) is 17.4. The quantitative estimate of drug-likeness (QED) is 0.736. The van der Waals surface area contributed by atoms with E-state index in [4.69, 9.17) is 10.8 Å². The van der Waals surface area contributed by atoms with E-state index in [1.807, 2.05) is 16.5 Å². The smallest absolute Gasteiger partial charge is 0.222 e. The Bertz CT molecular complexity index is 982. The number of rotatable bonds is 3. The van der Waals surface area contributed by atoms with Crippen molar-refractivity contribution in [1.82, 2.24) is 24.6 Å². The van der Waals surface area contributed by atoms with Crippen LogP contribution in [0.4, 0.5) is 5.82 Å². The van der Waals surface area contributed by atoms with Gasteiger partial charge in [0, 0.05) is 25.1 Å². The average molecular weight is 366 g/mol. The molecule has 1 atom stereocenters. The topological polar surface area (TPSA) is 110 Å². The summed E-state index contributed by atoms with van der Waals surface area (Å²) in [6, 6.07) is 6.85. The lowest BCUT2D eigenvalue weighted by Gasteiger charge is -2.32. The number of likely N-dealkylation sites (tertiary alicyclic amines) is 1. The van der Waals surface area contributed by atoms with Crippen molar-refractivity contribution >= 4 is 22.8 Å². The van der Waals surface area contributed by atoms with Gasteiger partial charge in [-0.1, -0.05) is 6.92 Å². The molecule has 0 unspecified atom stereocenters. The minimum Gasteiger partial charge on any atom is -0.508 e. The number of nitrogen functional groups attached to an aromatic ring is 1. The van der Waals surface area contributed by atoms with Gasteiger partial charge in [-0.3, -0.25) is 4.79 Å². The van der Waals surface area contributed by atoms with Gasteiger partial charge in [0.05, 0.1) is 11.4 Å². The summed E-state index contributed by atoms with van der Waals surface area (Å²) in [5, 5.41) is 15.1. The van der Waals surface area contributed by atoms with E-state index in [0.717, 1.165) is 24.9 Å². The molecule has 2 aromatic heterocycles. The van der Waals surface area contributed by atoms with E-state index in [1.165, 1.54) is 6.33 Å². The first kappa shape index (κ1) is 17.3. The van der Waals surface area contributed by atoms with Crippen LogP contribution < -0.4 is 5.73 Å². The Labute approximate surface area is 156 Å². The van der Waals surface area contributed by atoms with Crippen molar-refractivity contribution in [2.45, 2.75) is 32.2 Å². The third kappa shape index (κ3) is 3.07. The minimum atomic E-state index is 0.0388. The number of anilines is 1. The van der Waals surface area contributed by atoms with Crippen LogP contribution in [-0.2, 0) is 4.79 Å². The van der Waals surface area contributed by atoms with Gasteiger partial charge in [0.2, 0.25) is 5.91 Å². The Morgan fingerprint density at radius 2 is 2.07 bits per heavy atom. The monoisotopic (exact) mass is 366 g/mol. The maximum atomic E-state index is 12.1. The highest BCUT2D eigenvalue weighted by Crippen LogP contribution is 2.34. The van der Waals surface area contributed by atoms with Crippen LogP contribution in [0, 0.1) is 0 Å². The van der Waals surface area contributed by atoms with E-state index >= 15 is 0 Å². The van der Waals surface area contributed by atoms with Gasteiger partial charge in [0.25, 0.3) is 0 Å². The highest BCUT2D eigenvalue weighted by Gasteiger charge is 2.28. The van der Waals surface area contributed by atoms with Gasteiger partial charge in [-0.15, -0.1) is 0 Å². The van der Waals surface area contributed by atoms with Crippen molar-refractivity contribution in [3.05, 3.63) is 30.6 Å². The van der Waals surface area contributed by atoms with Crippen LogP contribution in [0.5, 0.6) is 5.75 Å². The molecule has 27 heavy (non-hydrogen) atoms. The van der Waals surface area contributed by atoms with Crippen molar-refractivity contribution in [1.29, 1.82) is 0 Å². The van der Waals surface area contributed by atoms with Crippen LogP contribution >= 0.6 is 0 Å². The molecule has 8 heteroatoms. The minimum absolute atomic E-state index is 0.0388. The highest BCUT2D eigenvalue weighted by molar-refractivity contribution is 5.98. The van der Waals surface area contributed by atoms with Crippen LogP contribution in [-0.4, -0.2) is 48.8 Å². The molecule has 0 bridgehead atoms. The molecular formula is C19H22N6O2. The van der Waals surface area contributed by atoms with Crippen LogP contribution in [0.25, 0.3) is 22.3 Å². The van der Waals surface area contributed by atoms with E-state index in [-0.39, 0.29) is 17.7 Å². The molecule has 4 rings (SSSR count). The second-order valence-electron chi connectivity index (χ2n) is 6.79. The fourth-order valence-electron chi connectivity index (χ4n) is 3.68. The zero-order chi connectivity index (χ0) is 19.0. The van der Waals surface area contributed by atoms with Crippen LogP contribution in [0.15, 0.2) is 30.6 Å². The second-order valence-corrected chi connectivity index (χ2v) is 6.79. The van der Waals surface area contributed by atoms with Gasteiger partial charge in [-0.2, -0.15) is 5.10 Å². The zero-order valence-corrected chi connectivity index (χ0v) is 15.2. The van der Waals surface area contributed by atoms with Gasteiger partial charge >= 0.3 is 0 Å². The summed E-state index contributed by atoms with van der Waals surface area (Å²) in [7, 11) is 0. The summed E-state index contributed by atoms with van der Waals surface area (Å²) in [6.07, 6.45) is 3.78. The van der Waals surface area contributed by atoms with E-state index in [0.29, 0.717) is 35.5 Å². The van der Waals surface area contributed by atoms with Crippen molar-refractivity contribution in [3.63, 3.8) is 0 Å². The van der Waals surface area contributed by atoms with E-state index < -0.39 is 0 Å². The Morgan fingerprint density at radius 1 is 1.30 bits per heavy atom. The number of carbonyl (C=O) groups is 1. The molecule has 8 nitrogen and oxygen atoms in total. The third-order valence-electron chi connectivity index (χ3n) is 5.06. The summed E-state index contributed by atoms with van der Waals surface area (Å²) in [5.74, 6) is 0.711. The highest BCUT2D eigenvalue weighted by atomic mass is 16.3. The molecule has 1 fully saturated rings. The van der Waals surface area contributed by atoms with E-state index in [2.05, 4.69) is 9.97 Å². The second kappa shape index (κ2) is 6.86. The maximum absolute atomic E-state index is 12.1. The molecule has 0 radical (unpaired) electrons. The fourth-order valence-corrected chi connectivity index (χ4v) is 3.68. The number of nitrogens with zero attached hydrogens (tertiary/aromatic N) is 5. The molecule has 0 aliphatic carbocycles. The lowest BCUT2D eigenvalue weighted by Crippen LogP contribution is -2.40. The molecular weight excluding hydrogens is 344 g/mol. The number of benzene rings is 1. The predicted molar refractivity (Wildman–Crippen MR) is 102 cm³/mol. The Morgan fingerprint density at radius 3 is 2.81 bits per heavy atom. The SMILES string of the molecule is CCC(=O)N1CCC[C@@H](n2nc(-c3ccc(O)cc3)c3c(N)ncnc32)C1. The number of aromatic nitrogens is 4. The molecule has 3 aromatic rings. The number of nitrogens with two attached hydrogens (primary N) is 1.